The van der Waals surface area contributed by atoms with Crippen molar-refractivity contribution in [3.63, 3.8) is 0 Å². The lowest BCUT2D eigenvalue weighted by atomic mass is 10.2. The molecule has 0 fully saturated rings. The van der Waals surface area contributed by atoms with E-state index in [1.165, 1.54) is 24.5 Å². The predicted molar refractivity (Wildman–Crippen MR) is 90.8 cm³/mol. The van der Waals surface area contributed by atoms with Crippen LogP contribution in [-0.4, -0.2) is 15.9 Å². The average Bonchev–Trinajstić information content (AvgIpc) is 2.59. The van der Waals surface area contributed by atoms with E-state index in [4.69, 9.17) is 0 Å². The van der Waals surface area contributed by atoms with Gasteiger partial charge in [0, 0.05) is 5.69 Å². The van der Waals surface area contributed by atoms with Gasteiger partial charge in [-0.3, -0.25) is 4.79 Å². The maximum Gasteiger partial charge on any atom is 0.275 e. The summed E-state index contributed by atoms with van der Waals surface area (Å²) in [4.78, 5) is 20.3. The van der Waals surface area contributed by atoms with Crippen LogP contribution in [0, 0.1) is 12.7 Å². The Morgan fingerprint density at radius 2 is 1.67 bits per heavy atom. The summed E-state index contributed by atoms with van der Waals surface area (Å²) in [5, 5.41) is 5.60. The number of nitrogens with zero attached hydrogens (tertiary/aromatic N) is 2. The highest BCUT2D eigenvalue weighted by molar-refractivity contribution is 6.02. The third-order valence-electron chi connectivity index (χ3n) is 3.41. The second-order valence-electron chi connectivity index (χ2n) is 5.16. The second kappa shape index (κ2) is 6.87. The molecule has 3 aromatic rings. The number of hydrogen-bond acceptors (Lipinski definition) is 4. The minimum atomic E-state index is -0.518. The molecule has 0 saturated carbocycles. The van der Waals surface area contributed by atoms with E-state index in [0.29, 0.717) is 5.82 Å². The molecular weight excluding hydrogens is 307 g/mol. The molecule has 0 saturated heterocycles. The molecule has 0 bridgehead atoms. The number of anilines is 3. The van der Waals surface area contributed by atoms with Crippen LogP contribution in [0.4, 0.5) is 21.6 Å². The number of halogens is 1. The lowest BCUT2D eigenvalue weighted by Crippen LogP contribution is -2.15. The summed E-state index contributed by atoms with van der Waals surface area (Å²) >= 11 is 0. The van der Waals surface area contributed by atoms with Gasteiger partial charge in [0.1, 0.15) is 17.3 Å². The highest BCUT2D eigenvalue weighted by atomic mass is 19.1. The van der Waals surface area contributed by atoms with E-state index in [1.54, 1.807) is 12.1 Å². The molecule has 120 valence electrons. The van der Waals surface area contributed by atoms with E-state index in [9.17, 15) is 9.18 Å². The molecule has 0 aliphatic heterocycles. The summed E-state index contributed by atoms with van der Waals surface area (Å²) in [6, 6.07) is 13.7. The number of rotatable bonds is 4. The van der Waals surface area contributed by atoms with Crippen molar-refractivity contribution in [3.8, 4) is 0 Å². The van der Waals surface area contributed by atoms with Crippen LogP contribution >= 0.6 is 0 Å². The van der Waals surface area contributed by atoms with E-state index in [-0.39, 0.29) is 11.4 Å². The summed E-state index contributed by atoms with van der Waals surface area (Å²) in [5.74, 6) is -0.501. The molecule has 3 rings (SSSR count). The van der Waals surface area contributed by atoms with E-state index >= 15 is 0 Å². The Labute approximate surface area is 138 Å². The van der Waals surface area contributed by atoms with Crippen LogP contribution in [0.25, 0.3) is 0 Å². The fourth-order valence-electron chi connectivity index (χ4n) is 2.11. The van der Waals surface area contributed by atoms with Crippen molar-refractivity contribution < 1.29 is 9.18 Å². The van der Waals surface area contributed by atoms with Crippen molar-refractivity contribution in [3.05, 3.63) is 78.0 Å². The molecule has 0 radical (unpaired) electrons. The van der Waals surface area contributed by atoms with E-state index in [0.717, 1.165) is 11.3 Å². The van der Waals surface area contributed by atoms with Crippen molar-refractivity contribution in [1.29, 1.82) is 0 Å². The monoisotopic (exact) mass is 322 g/mol. The van der Waals surface area contributed by atoms with Gasteiger partial charge in [0.05, 0.1) is 18.1 Å². The molecule has 6 heteroatoms. The fraction of sp³-hybridized carbons (Fsp3) is 0.0556. The van der Waals surface area contributed by atoms with Crippen LogP contribution in [0.2, 0.25) is 0 Å². The zero-order valence-electron chi connectivity index (χ0n) is 13.0. The molecule has 0 aliphatic rings. The normalized spacial score (nSPS) is 10.2. The van der Waals surface area contributed by atoms with Gasteiger partial charge >= 0.3 is 0 Å². The van der Waals surface area contributed by atoms with Gasteiger partial charge in [0.15, 0.2) is 0 Å². The quantitative estimate of drug-likeness (QED) is 0.764. The molecule has 1 heterocycles. The maximum absolute atomic E-state index is 13.5. The van der Waals surface area contributed by atoms with Gasteiger partial charge in [-0.15, -0.1) is 0 Å². The number of aromatic nitrogens is 2. The number of aryl methyl sites for hydroxylation is 1. The van der Waals surface area contributed by atoms with Gasteiger partial charge in [-0.05, 0) is 30.7 Å². The summed E-state index contributed by atoms with van der Waals surface area (Å²) in [5.41, 5.74) is 2.19. The largest absolute Gasteiger partial charge is 0.339 e. The number of carbonyl (C=O) groups excluding carboxylic acids is 1. The fourth-order valence-corrected chi connectivity index (χ4v) is 2.11. The Hall–Kier alpha value is -3.28. The Morgan fingerprint density at radius 1 is 0.958 bits per heavy atom. The molecule has 2 aromatic carbocycles. The van der Waals surface area contributed by atoms with Gasteiger partial charge in [0.2, 0.25) is 0 Å². The van der Waals surface area contributed by atoms with Gasteiger partial charge in [-0.2, -0.15) is 0 Å². The number of hydrogen-bond donors (Lipinski definition) is 2. The Bertz CT molecular complexity index is 865. The smallest absolute Gasteiger partial charge is 0.275 e. The van der Waals surface area contributed by atoms with Crippen LogP contribution in [-0.2, 0) is 0 Å². The Balaban J connectivity index is 1.71. The standard InChI is InChI=1S/C18H15FN4O/c1-12-6-2-4-8-14(12)22-17-11-20-16(10-21-17)18(24)23-15-9-5-3-7-13(15)19/h2-11H,1H3,(H,21,22)(H,23,24). The molecule has 5 nitrogen and oxygen atoms in total. The van der Waals surface area contributed by atoms with E-state index in [1.807, 2.05) is 31.2 Å². The van der Waals surface area contributed by atoms with Crippen LogP contribution < -0.4 is 10.6 Å². The molecule has 1 amide bonds. The third kappa shape index (κ3) is 3.55. The van der Waals surface area contributed by atoms with Crippen molar-refractivity contribution in [2.45, 2.75) is 6.92 Å². The van der Waals surface area contributed by atoms with Crippen molar-refractivity contribution in [2.24, 2.45) is 0 Å². The van der Waals surface area contributed by atoms with Crippen LogP contribution in [0.15, 0.2) is 60.9 Å². The average molecular weight is 322 g/mol. The number of para-hydroxylation sites is 2. The summed E-state index contributed by atoms with van der Waals surface area (Å²) in [7, 11) is 0. The molecule has 0 aliphatic carbocycles. The molecular formula is C18H15FN4O. The van der Waals surface area contributed by atoms with Crippen LogP contribution in [0.1, 0.15) is 16.1 Å². The number of nitrogens with one attached hydrogen (secondary N) is 2. The highest BCUT2D eigenvalue weighted by Gasteiger charge is 2.11. The van der Waals surface area contributed by atoms with Crippen molar-refractivity contribution in [2.75, 3.05) is 10.6 Å². The highest BCUT2D eigenvalue weighted by Crippen LogP contribution is 2.18. The first-order valence-corrected chi connectivity index (χ1v) is 7.34. The van der Waals surface area contributed by atoms with Gasteiger partial charge in [0.25, 0.3) is 5.91 Å². The predicted octanol–water partition coefficient (Wildman–Crippen LogP) is 3.92. The first-order valence-electron chi connectivity index (χ1n) is 7.34. The summed E-state index contributed by atoms with van der Waals surface area (Å²) in [6.07, 6.45) is 2.81. The van der Waals surface area contributed by atoms with Crippen molar-refractivity contribution >= 4 is 23.1 Å². The maximum atomic E-state index is 13.5. The third-order valence-corrected chi connectivity index (χ3v) is 3.41. The molecule has 0 unspecified atom stereocenters. The minimum Gasteiger partial charge on any atom is -0.339 e. The molecule has 24 heavy (non-hydrogen) atoms. The molecule has 1 aromatic heterocycles. The Kier molecular flexibility index (Phi) is 4.47. The molecule has 0 atom stereocenters. The molecule has 2 N–H and O–H groups in total. The SMILES string of the molecule is Cc1ccccc1Nc1cnc(C(=O)Nc2ccccc2F)cn1. The first-order chi connectivity index (χ1) is 11.6. The van der Waals surface area contributed by atoms with Gasteiger partial charge in [-0.1, -0.05) is 30.3 Å². The van der Waals surface area contributed by atoms with Crippen LogP contribution in [0.5, 0.6) is 0 Å². The number of benzene rings is 2. The van der Waals surface area contributed by atoms with E-state index in [2.05, 4.69) is 20.6 Å². The zero-order chi connectivity index (χ0) is 16.9. The van der Waals surface area contributed by atoms with Crippen LogP contribution in [0.3, 0.4) is 0 Å². The first kappa shape index (κ1) is 15.6. The number of carbonyl (C=O) groups is 1. The van der Waals surface area contributed by atoms with E-state index < -0.39 is 11.7 Å². The topological polar surface area (TPSA) is 66.9 Å². The molecule has 0 spiro atoms. The van der Waals surface area contributed by atoms with Gasteiger partial charge < -0.3 is 10.6 Å². The minimum absolute atomic E-state index is 0.103. The lowest BCUT2D eigenvalue weighted by molar-refractivity contribution is 0.102. The lowest BCUT2D eigenvalue weighted by Gasteiger charge is -2.09. The second-order valence-corrected chi connectivity index (χ2v) is 5.16. The summed E-state index contributed by atoms with van der Waals surface area (Å²) in [6.45, 7) is 1.98. The Morgan fingerprint density at radius 3 is 2.33 bits per heavy atom. The van der Waals surface area contributed by atoms with Gasteiger partial charge in [-0.25, -0.2) is 14.4 Å². The van der Waals surface area contributed by atoms with Crippen molar-refractivity contribution in [1.82, 2.24) is 9.97 Å². The summed E-state index contributed by atoms with van der Waals surface area (Å²) < 4.78 is 13.5. The number of amides is 1. The zero-order valence-corrected chi connectivity index (χ0v) is 13.0.